The normalized spacial score (nSPS) is 12.9. The predicted molar refractivity (Wildman–Crippen MR) is 73.0 cm³/mol. The number of aliphatic imine (C=N–C) groups is 1. The number of hydrogen-bond acceptors (Lipinski definition) is 4. The van der Waals surface area contributed by atoms with Gasteiger partial charge in [-0.05, 0) is 12.1 Å². The molecule has 0 saturated heterocycles. The van der Waals surface area contributed by atoms with Crippen molar-refractivity contribution in [3.8, 4) is 0 Å². The van der Waals surface area contributed by atoms with E-state index in [9.17, 15) is 4.79 Å². The Balaban J connectivity index is 2.24. The van der Waals surface area contributed by atoms with Crippen molar-refractivity contribution in [3.05, 3.63) is 24.2 Å². The molecule has 0 radical (unpaired) electrons. The van der Waals surface area contributed by atoms with Gasteiger partial charge in [-0.2, -0.15) is 0 Å². The molecule has 0 saturated carbocycles. The number of guanidine groups is 1. The molecular formula is C13H21N3O3. The van der Waals surface area contributed by atoms with Crippen LogP contribution in [0.4, 0.5) is 0 Å². The van der Waals surface area contributed by atoms with Gasteiger partial charge < -0.3 is 19.8 Å². The van der Waals surface area contributed by atoms with E-state index in [1.807, 2.05) is 12.1 Å². The van der Waals surface area contributed by atoms with Gasteiger partial charge in [0.05, 0.1) is 19.3 Å². The lowest BCUT2D eigenvalue weighted by Crippen LogP contribution is -2.41. The van der Waals surface area contributed by atoms with Gasteiger partial charge >= 0.3 is 5.97 Å². The molecule has 0 amide bonds. The van der Waals surface area contributed by atoms with Crippen molar-refractivity contribution in [2.24, 2.45) is 10.9 Å². The van der Waals surface area contributed by atoms with Gasteiger partial charge in [0.25, 0.3) is 0 Å². The summed E-state index contributed by atoms with van der Waals surface area (Å²) < 4.78 is 9.89. The first-order valence-electron chi connectivity index (χ1n) is 6.22. The number of nitrogens with one attached hydrogen (secondary N) is 2. The fraction of sp³-hybridized carbons (Fsp3) is 0.538. The molecule has 1 aromatic rings. The standard InChI is InChI=1S/C13H21N3O3/c1-10(12(17)18-3)9-16-13(14-2)15-7-6-11-5-4-8-19-11/h4-5,8,10H,6-7,9H2,1-3H3,(H2,14,15,16). The molecule has 2 N–H and O–H groups in total. The van der Waals surface area contributed by atoms with Crippen molar-refractivity contribution in [3.63, 3.8) is 0 Å². The number of methoxy groups -OCH3 is 1. The van der Waals surface area contributed by atoms with Gasteiger partial charge in [-0.15, -0.1) is 0 Å². The Morgan fingerprint density at radius 1 is 1.53 bits per heavy atom. The van der Waals surface area contributed by atoms with Crippen LogP contribution in [0.2, 0.25) is 0 Å². The minimum absolute atomic E-state index is 0.214. The molecule has 0 aromatic carbocycles. The van der Waals surface area contributed by atoms with Crippen LogP contribution in [0.15, 0.2) is 27.8 Å². The van der Waals surface area contributed by atoms with Crippen LogP contribution < -0.4 is 10.6 Å². The summed E-state index contributed by atoms with van der Waals surface area (Å²) in [6, 6.07) is 3.79. The third-order valence-electron chi connectivity index (χ3n) is 2.65. The summed E-state index contributed by atoms with van der Waals surface area (Å²) in [5.41, 5.74) is 0. The van der Waals surface area contributed by atoms with Crippen molar-refractivity contribution in [2.45, 2.75) is 13.3 Å². The molecule has 1 rings (SSSR count). The number of rotatable bonds is 6. The smallest absolute Gasteiger partial charge is 0.310 e. The van der Waals surface area contributed by atoms with Crippen molar-refractivity contribution < 1.29 is 13.9 Å². The van der Waals surface area contributed by atoms with Crippen LogP contribution in [0.3, 0.4) is 0 Å². The summed E-state index contributed by atoms with van der Waals surface area (Å²) >= 11 is 0. The van der Waals surface area contributed by atoms with Gasteiger partial charge in [-0.25, -0.2) is 0 Å². The number of furan rings is 1. The largest absolute Gasteiger partial charge is 0.469 e. The van der Waals surface area contributed by atoms with E-state index in [0.717, 1.165) is 12.2 Å². The summed E-state index contributed by atoms with van der Waals surface area (Å²) in [6.45, 7) is 2.99. The van der Waals surface area contributed by atoms with E-state index in [-0.39, 0.29) is 11.9 Å². The first-order chi connectivity index (χ1) is 9.17. The van der Waals surface area contributed by atoms with Crippen LogP contribution in [0.1, 0.15) is 12.7 Å². The number of hydrogen-bond donors (Lipinski definition) is 2. The Bertz CT molecular complexity index is 401. The Morgan fingerprint density at radius 2 is 2.32 bits per heavy atom. The summed E-state index contributed by atoms with van der Waals surface area (Å²) in [7, 11) is 3.07. The lowest BCUT2D eigenvalue weighted by Gasteiger charge is -2.14. The van der Waals surface area contributed by atoms with E-state index in [2.05, 4.69) is 20.4 Å². The van der Waals surface area contributed by atoms with Gasteiger partial charge in [0.2, 0.25) is 0 Å². The lowest BCUT2D eigenvalue weighted by atomic mass is 10.2. The van der Waals surface area contributed by atoms with Crippen molar-refractivity contribution in [1.82, 2.24) is 10.6 Å². The third-order valence-corrected chi connectivity index (χ3v) is 2.65. The molecular weight excluding hydrogens is 246 g/mol. The van der Waals surface area contributed by atoms with Crippen LogP contribution in [0, 0.1) is 5.92 Å². The molecule has 106 valence electrons. The second-order valence-corrected chi connectivity index (χ2v) is 4.13. The molecule has 0 aliphatic carbocycles. The van der Waals surface area contributed by atoms with Crippen molar-refractivity contribution >= 4 is 11.9 Å². The average Bonchev–Trinajstić information content (AvgIpc) is 2.94. The zero-order valence-electron chi connectivity index (χ0n) is 11.6. The van der Waals surface area contributed by atoms with Crippen LogP contribution in [0.25, 0.3) is 0 Å². The van der Waals surface area contributed by atoms with Crippen LogP contribution in [0.5, 0.6) is 0 Å². The van der Waals surface area contributed by atoms with E-state index in [4.69, 9.17) is 4.42 Å². The molecule has 0 bridgehead atoms. The molecule has 0 spiro atoms. The summed E-state index contributed by atoms with van der Waals surface area (Å²) in [4.78, 5) is 15.3. The maximum Gasteiger partial charge on any atom is 0.310 e. The Morgan fingerprint density at radius 3 is 2.89 bits per heavy atom. The zero-order chi connectivity index (χ0) is 14.1. The van der Waals surface area contributed by atoms with Crippen LogP contribution in [-0.2, 0) is 16.0 Å². The molecule has 0 aliphatic rings. The first kappa shape index (κ1) is 15.1. The fourth-order valence-corrected chi connectivity index (χ4v) is 1.51. The predicted octanol–water partition coefficient (Wildman–Crippen LogP) is 0.796. The second kappa shape index (κ2) is 8.18. The molecule has 0 fully saturated rings. The number of carbonyl (C=O) groups is 1. The summed E-state index contributed by atoms with van der Waals surface area (Å²) in [5, 5.41) is 6.22. The molecule has 1 aromatic heterocycles. The highest BCUT2D eigenvalue weighted by Crippen LogP contribution is 1.99. The number of carbonyl (C=O) groups excluding carboxylic acids is 1. The van der Waals surface area contributed by atoms with E-state index in [0.29, 0.717) is 19.0 Å². The van der Waals surface area contributed by atoms with Crippen molar-refractivity contribution in [2.75, 3.05) is 27.2 Å². The SMILES string of the molecule is CN=C(NCCc1ccco1)NCC(C)C(=O)OC. The molecule has 1 heterocycles. The maximum atomic E-state index is 11.2. The third kappa shape index (κ3) is 5.46. The molecule has 0 aliphatic heterocycles. The number of ether oxygens (including phenoxy) is 1. The Hall–Kier alpha value is -1.98. The molecule has 6 nitrogen and oxygen atoms in total. The molecule has 6 heteroatoms. The monoisotopic (exact) mass is 267 g/mol. The van der Waals surface area contributed by atoms with Gasteiger partial charge in [-0.3, -0.25) is 9.79 Å². The van der Waals surface area contributed by atoms with E-state index < -0.39 is 0 Å². The Labute approximate surface area is 113 Å². The zero-order valence-corrected chi connectivity index (χ0v) is 11.6. The molecule has 1 unspecified atom stereocenters. The number of esters is 1. The quantitative estimate of drug-likeness (QED) is 0.453. The second-order valence-electron chi connectivity index (χ2n) is 4.13. The molecule has 19 heavy (non-hydrogen) atoms. The maximum absolute atomic E-state index is 11.2. The van der Waals surface area contributed by atoms with Gasteiger partial charge in [-0.1, -0.05) is 6.92 Å². The summed E-state index contributed by atoms with van der Waals surface area (Å²) in [6.07, 6.45) is 2.43. The van der Waals surface area contributed by atoms with Gasteiger partial charge in [0.15, 0.2) is 5.96 Å². The average molecular weight is 267 g/mol. The van der Waals surface area contributed by atoms with E-state index in [1.54, 1.807) is 20.2 Å². The summed E-state index contributed by atoms with van der Waals surface area (Å²) in [5.74, 6) is 1.13. The van der Waals surface area contributed by atoms with Crippen LogP contribution >= 0.6 is 0 Å². The lowest BCUT2D eigenvalue weighted by molar-refractivity contribution is -0.144. The van der Waals surface area contributed by atoms with E-state index in [1.165, 1.54) is 7.11 Å². The van der Waals surface area contributed by atoms with E-state index >= 15 is 0 Å². The highest BCUT2D eigenvalue weighted by molar-refractivity contribution is 5.80. The number of nitrogens with zero attached hydrogens (tertiary/aromatic N) is 1. The molecule has 1 atom stereocenters. The highest BCUT2D eigenvalue weighted by atomic mass is 16.5. The highest BCUT2D eigenvalue weighted by Gasteiger charge is 2.13. The first-order valence-corrected chi connectivity index (χ1v) is 6.22. The fourth-order valence-electron chi connectivity index (χ4n) is 1.51. The van der Waals surface area contributed by atoms with Gasteiger partial charge in [0.1, 0.15) is 5.76 Å². The van der Waals surface area contributed by atoms with Crippen LogP contribution in [-0.4, -0.2) is 39.2 Å². The van der Waals surface area contributed by atoms with Crippen molar-refractivity contribution in [1.29, 1.82) is 0 Å². The topological polar surface area (TPSA) is 75.9 Å². The van der Waals surface area contributed by atoms with Gasteiger partial charge in [0, 0.05) is 26.6 Å². The minimum atomic E-state index is -0.237. The minimum Gasteiger partial charge on any atom is -0.469 e. The Kier molecular flexibility index (Phi) is 6.49.